The fourth-order valence-electron chi connectivity index (χ4n) is 10.8. The fraction of sp³-hybridized carbons (Fsp3) is 0.239. The largest absolute Gasteiger partial charge is 2.00 e. The van der Waals surface area contributed by atoms with Crippen LogP contribution in [-0.2, 0) is 31.9 Å². The number of benzene rings is 8. The van der Waals surface area contributed by atoms with Crippen LogP contribution in [0.5, 0.6) is 11.5 Å². The third-order valence-electron chi connectivity index (χ3n) is 15.1. The van der Waals surface area contributed by atoms with Gasteiger partial charge in [-0.05, 0) is 126 Å². The Morgan fingerprint density at radius 3 is 1.77 bits per heavy atom. The van der Waals surface area contributed by atoms with Crippen LogP contribution in [-0.4, -0.2) is 15.6 Å². The minimum Gasteiger partial charge on any atom is -0.509 e. The summed E-state index contributed by atoms with van der Waals surface area (Å²) >= 11 is 0. The van der Waals surface area contributed by atoms with Gasteiger partial charge in [0.25, 0.3) is 11.4 Å². The van der Waals surface area contributed by atoms with E-state index in [4.69, 9.17) is 9.72 Å². The Labute approximate surface area is 478 Å². The van der Waals surface area contributed by atoms with Gasteiger partial charge in [0.2, 0.25) is 5.69 Å². The number of fused-ring (bicyclic) bond motifs is 4. The van der Waals surface area contributed by atoms with E-state index in [1.54, 1.807) is 0 Å². The molecule has 0 saturated carbocycles. The van der Waals surface area contributed by atoms with E-state index in [9.17, 15) is 0 Å². The first-order valence-corrected chi connectivity index (χ1v) is 27.2. The normalized spacial score (nSPS) is 12.6. The van der Waals surface area contributed by atoms with Gasteiger partial charge in [0, 0.05) is 41.4 Å². The first kappa shape index (κ1) is 54.8. The molecule has 398 valence electrons. The van der Waals surface area contributed by atoms with Gasteiger partial charge in [-0.1, -0.05) is 178 Å². The van der Waals surface area contributed by atoms with Gasteiger partial charge in [-0.3, -0.25) is 0 Å². The van der Waals surface area contributed by atoms with Gasteiger partial charge in [0.05, 0.1) is 11.1 Å². The van der Waals surface area contributed by atoms with Gasteiger partial charge in [0.15, 0.2) is 0 Å². The van der Waals surface area contributed by atoms with Crippen molar-refractivity contribution < 1.29 is 34.6 Å². The molecule has 1 aliphatic rings. The zero-order valence-corrected chi connectivity index (χ0v) is 49.4. The maximum absolute atomic E-state index is 15.6. The molecular weight excluding hydrogens is 1160 g/mol. The molecule has 0 spiro atoms. The Kier molecular flexibility index (Phi) is 14.7. The second-order valence-electron chi connectivity index (χ2n) is 23.8. The third-order valence-corrected chi connectivity index (χ3v) is 15.1. The molecule has 0 N–H and O–H groups in total. The van der Waals surface area contributed by atoms with Crippen molar-refractivity contribution in [2.75, 3.05) is 0 Å². The standard InChI is InChI=1S/C71H66F2N4O.Pt/c1-43(2)46-29-47(44(3)4)31-48(30-46)62-36-52(71(10,11)12)37-63(49-32-53(72)39-54(73)33-49)69(62)76-42-75(65-23-17-18-24-66(65)76)55-34-50(59-20-14-13-19-58(59)45(5)6)35-57(40-55)78-56-25-26-61-60-21-15-16-22-64(60)77(67(61)41-56)68-38-51(27-28-74-68)70(7,8)9;/h13-39,43-45H,1-12H3;/q;+2. The summed E-state index contributed by atoms with van der Waals surface area (Å²) < 4.78 is 44.5. The zero-order chi connectivity index (χ0) is 54.9. The number of halogens is 2. The summed E-state index contributed by atoms with van der Waals surface area (Å²) in [5.74, 6) is 1.25. The number of hydrogen-bond acceptors (Lipinski definition) is 2. The molecule has 5 nitrogen and oxygen atoms in total. The molecular formula is C71H66F2N4OPt+2. The molecule has 79 heavy (non-hydrogen) atoms. The maximum atomic E-state index is 15.6. The van der Waals surface area contributed by atoms with Crippen molar-refractivity contribution in [1.29, 1.82) is 0 Å². The Morgan fingerprint density at radius 1 is 0.532 bits per heavy atom. The molecule has 8 aromatic carbocycles. The molecule has 3 heterocycles. The Bertz CT molecular complexity index is 4040. The van der Waals surface area contributed by atoms with E-state index >= 15 is 8.78 Å². The molecule has 0 amide bonds. The van der Waals surface area contributed by atoms with E-state index in [-0.39, 0.29) is 49.6 Å². The second kappa shape index (κ2) is 21.2. The maximum Gasteiger partial charge on any atom is 2.00 e. The van der Waals surface area contributed by atoms with Crippen molar-refractivity contribution >= 4 is 50.6 Å². The molecule has 10 aromatic rings. The fourth-order valence-corrected chi connectivity index (χ4v) is 10.8. The molecule has 0 atom stereocenters. The van der Waals surface area contributed by atoms with E-state index in [1.807, 2.05) is 29.0 Å². The SMILES string of the molecule is CC(C)c1cc(-c2cc(C(C)(C)C)cc(-c3cc(F)cc(F)c3)c2[N+]2=C=[N+](c3[c-]c(Oc4[c-]c5c(cc4)c4ccccc4n5-c4cc(C(C)(C)C)ccn4)cc(-c4ccccc4C(C)C)c3)c3ccccc32)cc(C(C)C)c1.[Pt+2]. The van der Waals surface area contributed by atoms with Crippen LogP contribution >= 0.6 is 0 Å². The van der Waals surface area contributed by atoms with Crippen LogP contribution in [0.3, 0.4) is 0 Å². The Balaban J connectivity index is 0.00000704. The molecule has 0 saturated heterocycles. The van der Waals surface area contributed by atoms with Crippen LogP contribution in [0.25, 0.3) is 61.0 Å². The number of nitrogens with zero attached hydrogens (tertiary/aromatic N) is 4. The van der Waals surface area contributed by atoms with Crippen LogP contribution in [0.1, 0.15) is 129 Å². The molecule has 0 aliphatic carbocycles. The molecule has 8 heteroatoms. The van der Waals surface area contributed by atoms with Crippen molar-refractivity contribution in [3.8, 4) is 50.7 Å². The Hall–Kier alpha value is -7.56. The number of pyridine rings is 1. The summed E-state index contributed by atoms with van der Waals surface area (Å²) in [6, 6.07) is 63.9. The van der Waals surface area contributed by atoms with Crippen molar-refractivity contribution in [2.24, 2.45) is 0 Å². The number of ether oxygens (including phenoxy) is 1. The summed E-state index contributed by atoms with van der Waals surface area (Å²) in [6.45, 7) is 26.5. The van der Waals surface area contributed by atoms with E-state index in [2.05, 4.69) is 232 Å². The summed E-state index contributed by atoms with van der Waals surface area (Å²) in [6.07, 6.45) is 1.89. The van der Waals surface area contributed by atoms with Crippen LogP contribution in [0, 0.1) is 23.8 Å². The second-order valence-corrected chi connectivity index (χ2v) is 23.8. The Morgan fingerprint density at radius 2 is 1.13 bits per heavy atom. The summed E-state index contributed by atoms with van der Waals surface area (Å²) in [5.41, 5.74) is 15.5. The van der Waals surface area contributed by atoms with Crippen LogP contribution < -0.4 is 13.9 Å². The van der Waals surface area contributed by atoms with Gasteiger partial charge in [-0.2, -0.15) is 6.07 Å². The van der Waals surface area contributed by atoms with Crippen molar-refractivity contribution in [3.63, 3.8) is 0 Å². The first-order chi connectivity index (χ1) is 37.2. The molecule has 0 bridgehead atoms. The number of aromatic nitrogens is 2. The monoisotopic (exact) mass is 1220 g/mol. The van der Waals surface area contributed by atoms with E-state index < -0.39 is 11.6 Å². The average molecular weight is 1220 g/mol. The van der Waals surface area contributed by atoms with Gasteiger partial charge < -0.3 is 9.30 Å². The average Bonchev–Trinajstić information content (AvgIpc) is 4.22. The van der Waals surface area contributed by atoms with E-state index in [1.165, 1.54) is 34.4 Å². The van der Waals surface area contributed by atoms with E-state index in [0.29, 0.717) is 28.3 Å². The minimum atomic E-state index is -0.649. The third kappa shape index (κ3) is 10.6. The molecule has 1 aliphatic heterocycles. The van der Waals surface area contributed by atoms with Gasteiger partial charge >= 0.3 is 27.1 Å². The number of rotatable bonds is 11. The molecule has 0 unspecified atom stereocenters. The predicted molar refractivity (Wildman–Crippen MR) is 319 cm³/mol. The van der Waals surface area contributed by atoms with E-state index in [0.717, 1.165) is 78.6 Å². The van der Waals surface area contributed by atoms with Crippen molar-refractivity contribution in [2.45, 2.75) is 112 Å². The number of hydrogen-bond donors (Lipinski definition) is 0. The summed E-state index contributed by atoms with van der Waals surface area (Å²) in [4.78, 5) is 4.91. The van der Waals surface area contributed by atoms with Crippen LogP contribution in [0.4, 0.5) is 31.5 Å². The molecule has 0 radical (unpaired) electrons. The minimum absolute atomic E-state index is 0. The zero-order valence-electron chi connectivity index (χ0n) is 47.1. The smallest absolute Gasteiger partial charge is 0.509 e. The van der Waals surface area contributed by atoms with Crippen LogP contribution in [0.15, 0.2) is 164 Å². The van der Waals surface area contributed by atoms with Gasteiger partial charge in [0.1, 0.15) is 23.1 Å². The van der Waals surface area contributed by atoms with Gasteiger partial charge in [-0.25, -0.2) is 13.8 Å². The van der Waals surface area contributed by atoms with Crippen molar-refractivity contribution in [3.05, 3.63) is 216 Å². The first-order valence-electron chi connectivity index (χ1n) is 27.2. The topological polar surface area (TPSA) is 33.1 Å². The quantitative estimate of drug-likeness (QED) is 0.0955. The van der Waals surface area contributed by atoms with Crippen molar-refractivity contribution in [1.82, 2.24) is 18.7 Å². The summed E-state index contributed by atoms with van der Waals surface area (Å²) in [5, 5.41) is 2.13. The summed E-state index contributed by atoms with van der Waals surface area (Å²) in [7, 11) is 0. The molecule has 0 fully saturated rings. The molecule has 11 rings (SSSR count). The predicted octanol–water partition coefficient (Wildman–Crippen LogP) is 19.7. The van der Waals surface area contributed by atoms with Crippen LogP contribution in [0.2, 0.25) is 0 Å². The number of para-hydroxylation sites is 3. The molecule has 2 aromatic heterocycles. The van der Waals surface area contributed by atoms with Gasteiger partial charge in [-0.15, -0.1) is 29.1 Å².